The molecule has 0 unspecified atom stereocenters. The van der Waals surface area contributed by atoms with Crippen molar-refractivity contribution in [2.75, 3.05) is 6.54 Å². The van der Waals surface area contributed by atoms with Gasteiger partial charge in [-0.3, -0.25) is 4.79 Å². The molecule has 0 aromatic heterocycles. The van der Waals surface area contributed by atoms with Crippen LogP contribution < -0.4 is 5.32 Å². The number of carbonyl (C=O) groups excluding carboxylic acids is 1. The molecule has 1 aromatic carbocycles. The third-order valence-corrected chi connectivity index (χ3v) is 3.73. The van der Waals surface area contributed by atoms with Crippen LogP contribution in [0.5, 0.6) is 0 Å². The Hall–Kier alpha value is -1.35. The lowest BCUT2D eigenvalue weighted by Crippen LogP contribution is -2.38. The highest BCUT2D eigenvalue weighted by Gasteiger charge is 2.27. The molecule has 1 fully saturated rings. The second-order valence-corrected chi connectivity index (χ2v) is 5.39. The van der Waals surface area contributed by atoms with Crippen molar-refractivity contribution in [3.05, 3.63) is 34.9 Å². The van der Waals surface area contributed by atoms with Crippen LogP contribution in [0.15, 0.2) is 18.2 Å². The largest absolute Gasteiger partial charge is 0.393 e. The van der Waals surface area contributed by atoms with E-state index in [0.717, 1.165) is 18.4 Å². The molecule has 3 heteroatoms. The van der Waals surface area contributed by atoms with Crippen molar-refractivity contribution in [1.29, 1.82) is 0 Å². The van der Waals surface area contributed by atoms with Crippen molar-refractivity contribution >= 4 is 5.91 Å². The van der Waals surface area contributed by atoms with Gasteiger partial charge in [0.05, 0.1) is 12.5 Å². The number of aliphatic hydroxyl groups is 1. The molecule has 1 aliphatic carbocycles. The molecule has 0 atom stereocenters. The maximum Gasteiger partial charge on any atom is 0.224 e. The average Bonchev–Trinajstić information content (AvgIpc) is 2.28. The molecule has 1 amide bonds. The first-order valence-corrected chi connectivity index (χ1v) is 6.55. The fourth-order valence-corrected chi connectivity index (χ4v) is 2.29. The second kappa shape index (κ2) is 5.53. The minimum absolute atomic E-state index is 0.0691. The second-order valence-electron chi connectivity index (χ2n) is 5.39. The molecule has 98 valence electrons. The predicted molar refractivity (Wildman–Crippen MR) is 71.4 cm³/mol. The van der Waals surface area contributed by atoms with Gasteiger partial charge in [0.15, 0.2) is 0 Å². The maximum absolute atomic E-state index is 11.8. The van der Waals surface area contributed by atoms with Gasteiger partial charge in [0.1, 0.15) is 0 Å². The van der Waals surface area contributed by atoms with Gasteiger partial charge in [0.2, 0.25) is 5.91 Å². The molecule has 0 bridgehead atoms. The SMILES string of the molecule is Cc1ccc(CC(=O)NCC2CC(O)C2)cc1C. The van der Waals surface area contributed by atoms with Crippen LogP contribution in [0.25, 0.3) is 0 Å². The van der Waals surface area contributed by atoms with Gasteiger partial charge < -0.3 is 10.4 Å². The third kappa shape index (κ3) is 3.33. The molecular weight excluding hydrogens is 226 g/mol. The molecule has 18 heavy (non-hydrogen) atoms. The molecule has 2 rings (SSSR count). The maximum atomic E-state index is 11.8. The van der Waals surface area contributed by atoms with E-state index in [1.165, 1.54) is 11.1 Å². The first-order valence-electron chi connectivity index (χ1n) is 6.55. The van der Waals surface area contributed by atoms with E-state index < -0.39 is 0 Å². The Labute approximate surface area is 108 Å². The summed E-state index contributed by atoms with van der Waals surface area (Å²) in [7, 11) is 0. The minimum atomic E-state index is -0.147. The summed E-state index contributed by atoms with van der Waals surface area (Å²) >= 11 is 0. The van der Waals surface area contributed by atoms with Crippen LogP contribution in [0.3, 0.4) is 0 Å². The first kappa shape index (κ1) is 13.1. The molecule has 0 radical (unpaired) electrons. The fourth-order valence-electron chi connectivity index (χ4n) is 2.29. The highest BCUT2D eigenvalue weighted by Crippen LogP contribution is 2.26. The van der Waals surface area contributed by atoms with Crippen molar-refractivity contribution < 1.29 is 9.90 Å². The zero-order chi connectivity index (χ0) is 13.1. The van der Waals surface area contributed by atoms with Gasteiger partial charge in [0.25, 0.3) is 0 Å². The number of aliphatic hydroxyl groups excluding tert-OH is 1. The van der Waals surface area contributed by atoms with Gasteiger partial charge in [-0.1, -0.05) is 18.2 Å². The van der Waals surface area contributed by atoms with Crippen molar-refractivity contribution in [3.63, 3.8) is 0 Å². The van der Waals surface area contributed by atoms with Crippen molar-refractivity contribution in [3.8, 4) is 0 Å². The van der Waals surface area contributed by atoms with Gasteiger partial charge in [-0.2, -0.15) is 0 Å². The average molecular weight is 247 g/mol. The topological polar surface area (TPSA) is 49.3 Å². The van der Waals surface area contributed by atoms with Crippen LogP contribution in [-0.2, 0) is 11.2 Å². The number of rotatable bonds is 4. The van der Waals surface area contributed by atoms with E-state index in [1.54, 1.807) is 0 Å². The molecule has 0 aliphatic heterocycles. The summed E-state index contributed by atoms with van der Waals surface area (Å²) in [5.41, 5.74) is 3.54. The molecule has 1 saturated carbocycles. The van der Waals surface area contributed by atoms with E-state index in [4.69, 9.17) is 5.11 Å². The van der Waals surface area contributed by atoms with Crippen molar-refractivity contribution in [2.45, 2.75) is 39.2 Å². The van der Waals surface area contributed by atoms with Crippen LogP contribution >= 0.6 is 0 Å². The lowest BCUT2D eigenvalue weighted by Gasteiger charge is -2.31. The summed E-state index contributed by atoms with van der Waals surface area (Å²) in [4.78, 5) is 11.8. The smallest absolute Gasteiger partial charge is 0.224 e. The lowest BCUT2D eigenvalue weighted by atomic mass is 9.82. The van der Waals surface area contributed by atoms with Gasteiger partial charge >= 0.3 is 0 Å². The quantitative estimate of drug-likeness (QED) is 0.851. The molecule has 1 aliphatic rings. The van der Waals surface area contributed by atoms with E-state index in [9.17, 15) is 4.79 Å². The Kier molecular flexibility index (Phi) is 4.02. The zero-order valence-corrected chi connectivity index (χ0v) is 11.1. The standard InChI is InChI=1S/C15H21NO2/c1-10-3-4-12(5-11(10)2)8-15(18)16-9-13-6-14(17)7-13/h3-5,13-14,17H,6-9H2,1-2H3,(H,16,18). The highest BCUT2D eigenvalue weighted by atomic mass is 16.3. The van der Waals surface area contributed by atoms with Crippen LogP contribution in [-0.4, -0.2) is 23.7 Å². The molecule has 0 spiro atoms. The van der Waals surface area contributed by atoms with Crippen molar-refractivity contribution in [2.24, 2.45) is 5.92 Å². The third-order valence-electron chi connectivity index (χ3n) is 3.73. The van der Waals surface area contributed by atoms with E-state index in [1.807, 2.05) is 6.07 Å². The summed E-state index contributed by atoms with van der Waals surface area (Å²) in [5.74, 6) is 0.531. The number of carbonyl (C=O) groups is 1. The molecule has 1 aromatic rings. The zero-order valence-electron chi connectivity index (χ0n) is 11.1. The van der Waals surface area contributed by atoms with Gasteiger partial charge in [-0.25, -0.2) is 0 Å². The number of aryl methyl sites for hydroxylation is 2. The van der Waals surface area contributed by atoms with Crippen molar-refractivity contribution in [1.82, 2.24) is 5.32 Å². The Bertz CT molecular complexity index is 436. The molecule has 0 heterocycles. The Morgan fingerprint density at radius 1 is 1.33 bits per heavy atom. The summed E-state index contributed by atoms with van der Waals surface area (Å²) in [5, 5.41) is 12.1. The highest BCUT2D eigenvalue weighted by molar-refractivity contribution is 5.78. The van der Waals surface area contributed by atoms with Crippen LogP contribution in [0.2, 0.25) is 0 Å². The molecule has 2 N–H and O–H groups in total. The van der Waals surface area contributed by atoms with E-state index in [0.29, 0.717) is 18.9 Å². The van der Waals surface area contributed by atoms with E-state index in [-0.39, 0.29) is 12.0 Å². The Morgan fingerprint density at radius 2 is 2.06 bits per heavy atom. The van der Waals surface area contributed by atoms with Gasteiger partial charge in [-0.05, 0) is 49.3 Å². The number of hydrogen-bond acceptors (Lipinski definition) is 2. The lowest BCUT2D eigenvalue weighted by molar-refractivity contribution is -0.121. The minimum Gasteiger partial charge on any atom is -0.393 e. The molecule has 0 saturated heterocycles. The molecular formula is C15H21NO2. The number of nitrogens with one attached hydrogen (secondary N) is 1. The van der Waals surface area contributed by atoms with Gasteiger partial charge in [-0.15, -0.1) is 0 Å². The van der Waals surface area contributed by atoms with Crippen LogP contribution in [0.1, 0.15) is 29.5 Å². The number of benzene rings is 1. The molecule has 3 nitrogen and oxygen atoms in total. The summed E-state index contributed by atoms with van der Waals surface area (Å²) in [6.07, 6.45) is 1.94. The van der Waals surface area contributed by atoms with E-state index in [2.05, 4.69) is 31.3 Å². The summed E-state index contributed by atoms with van der Waals surface area (Å²) in [6.45, 7) is 4.83. The summed E-state index contributed by atoms with van der Waals surface area (Å²) in [6, 6.07) is 6.14. The first-order chi connectivity index (χ1) is 8.54. The number of amides is 1. The summed E-state index contributed by atoms with van der Waals surface area (Å²) < 4.78 is 0. The normalized spacial score (nSPS) is 22.4. The predicted octanol–water partition coefficient (Wildman–Crippen LogP) is 1.73. The van der Waals surface area contributed by atoms with Crippen LogP contribution in [0, 0.1) is 19.8 Å². The van der Waals surface area contributed by atoms with E-state index >= 15 is 0 Å². The monoisotopic (exact) mass is 247 g/mol. The Morgan fingerprint density at radius 3 is 2.67 bits per heavy atom. The fraction of sp³-hybridized carbons (Fsp3) is 0.533. The van der Waals surface area contributed by atoms with Gasteiger partial charge in [0, 0.05) is 6.54 Å². The Balaban J connectivity index is 1.78. The van der Waals surface area contributed by atoms with Crippen LogP contribution in [0.4, 0.5) is 0 Å². The number of hydrogen-bond donors (Lipinski definition) is 2.